The van der Waals surface area contributed by atoms with Gasteiger partial charge in [0.25, 0.3) is 0 Å². The molecule has 0 saturated carbocycles. The Morgan fingerprint density at radius 3 is 3.12 bits per heavy atom. The third kappa shape index (κ3) is 2.36. The summed E-state index contributed by atoms with van der Waals surface area (Å²) in [5.74, 6) is 0.364. The number of aliphatic hydroxyl groups is 1. The summed E-state index contributed by atoms with van der Waals surface area (Å²) in [6.45, 7) is 1.56. The van der Waals surface area contributed by atoms with E-state index in [0.717, 1.165) is 36.7 Å². The molecule has 1 fully saturated rings. The molecule has 0 aliphatic carbocycles. The minimum Gasteiger partial charge on any atom is -0.392 e. The highest BCUT2D eigenvalue weighted by Crippen LogP contribution is 2.22. The van der Waals surface area contributed by atoms with Crippen molar-refractivity contribution < 1.29 is 9.84 Å². The number of ether oxygens (including phenoxy) is 1. The van der Waals surface area contributed by atoms with E-state index in [1.165, 1.54) is 0 Å². The van der Waals surface area contributed by atoms with Gasteiger partial charge in [-0.25, -0.2) is 4.98 Å². The highest BCUT2D eigenvalue weighted by molar-refractivity contribution is 7.15. The highest BCUT2D eigenvalue weighted by atomic mass is 32.1. The average Bonchev–Trinajstić information content (AvgIpc) is 2.90. The van der Waals surface area contributed by atoms with Crippen molar-refractivity contribution in [1.82, 2.24) is 9.38 Å². The van der Waals surface area contributed by atoms with Crippen molar-refractivity contribution in [1.29, 1.82) is 0 Å². The second-order valence-electron chi connectivity index (χ2n) is 4.55. The third-order valence-corrected chi connectivity index (χ3v) is 4.14. The van der Waals surface area contributed by atoms with Crippen LogP contribution in [0.1, 0.15) is 18.5 Å². The van der Waals surface area contributed by atoms with E-state index in [1.807, 2.05) is 22.2 Å². The average molecular weight is 252 g/mol. The minimum atomic E-state index is -0.288. The molecule has 1 N–H and O–H groups in total. The van der Waals surface area contributed by atoms with Crippen LogP contribution in [-0.2, 0) is 11.2 Å². The second-order valence-corrected chi connectivity index (χ2v) is 5.42. The lowest BCUT2D eigenvalue weighted by Gasteiger charge is -2.26. The summed E-state index contributed by atoms with van der Waals surface area (Å²) in [6, 6.07) is 0. The number of imidazole rings is 1. The zero-order valence-corrected chi connectivity index (χ0v) is 10.4. The molecule has 2 aromatic rings. The maximum absolute atomic E-state index is 10.2. The van der Waals surface area contributed by atoms with Gasteiger partial charge in [-0.3, -0.25) is 4.40 Å². The van der Waals surface area contributed by atoms with Gasteiger partial charge in [-0.1, -0.05) is 0 Å². The topological polar surface area (TPSA) is 46.8 Å². The van der Waals surface area contributed by atoms with Crippen molar-refractivity contribution in [3.8, 4) is 0 Å². The minimum absolute atomic E-state index is 0.288. The Bertz CT molecular complexity index is 459. The summed E-state index contributed by atoms with van der Waals surface area (Å²) in [5.41, 5.74) is 0.982. The molecule has 4 nitrogen and oxygen atoms in total. The first-order valence-corrected chi connectivity index (χ1v) is 6.88. The number of hydrogen-bond acceptors (Lipinski definition) is 4. The zero-order valence-electron chi connectivity index (χ0n) is 9.58. The molecule has 1 aliphatic heterocycles. The Morgan fingerprint density at radius 2 is 2.35 bits per heavy atom. The van der Waals surface area contributed by atoms with Crippen LogP contribution in [0.25, 0.3) is 4.96 Å². The molecule has 0 radical (unpaired) electrons. The molecule has 0 amide bonds. The van der Waals surface area contributed by atoms with Gasteiger partial charge in [-0.05, 0) is 18.8 Å². The SMILES string of the molecule is OC(Cc1cn2ccsc2n1)C1CCOCC1. The molecular formula is C12H16N2O2S. The Balaban J connectivity index is 1.67. The molecule has 92 valence electrons. The van der Waals surface area contributed by atoms with Crippen LogP contribution in [0.4, 0.5) is 0 Å². The molecule has 0 spiro atoms. The van der Waals surface area contributed by atoms with E-state index in [0.29, 0.717) is 12.3 Å². The number of nitrogens with zero attached hydrogens (tertiary/aromatic N) is 2. The van der Waals surface area contributed by atoms with Gasteiger partial charge in [0.05, 0.1) is 11.8 Å². The van der Waals surface area contributed by atoms with E-state index in [2.05, 4.69) is 4.98 Å². The lowest BCUT2D eigenvalue weighted by atomic mass is 9.91. The van der Waals surface area contributed by atoms with Crippen LogP contribution in [0, 0.1) is 5.92 Å². The standard InChI is InChI=1S/C12H16N2O2S/c15-11(9-1-4-16-5-2-9)7-10-8-14-3-6-17-12(14)13-10/h3,6,8-9,11,15H,1-2,4-5,7H2. The normalized spacial score (nSPS) is 19.8. The van der Waals surface area contributed by atoms with Gasteiger partial charge >= 0.3 is 0 Å². The molecule has 1 unspecified atom stereocenters. The Labute approximate surface area is 104 Å². The van der Waals surface area contributed by atoms with Gasteiger partial charge < -0.3 is 9.84 Å². The number of aliphatic hydroxyl groups excluding tert-OH is 1. The first-order chi connectivity index (χ1) is 8.33. The fourth-order valence-electron chi connectivity index (χ4n) is 2.36. The van der Waals surface area contributed by atoms with Crippen molar-refractivity contribution in [2.24, 2.45) is 5.92 Å². The number of fused-ring (bicyclic) bond motifs is 1. The third-order valence-electron chi connectivity index (χ3n) is 3.37. The number of rotatable bonds is 3. The van der Waals surface area contributed by atoms with Crippen molar-refractivity contribution >= 4 is 16.3 Å². The first-order valence-electron chi connectivity index (χ1n) is 6.00. The lowest BCUT2D eigenvalue weighted by molar-refractivity contribution is 0.00810. The van der Waals surface area contributed by atoms with Crippen LogP contribution < -0.4 is 0 Å². The Kier molecular flexibility index (Phi) is 3.13. The van der Waals surface area contributed by atoms with Crippen LogP contribution in [0.2, 0.25) is 0 Å². The van der Waals surface area contributed by atoms with Crippen molar-refractivity contribution in [3.63, 3.8) is 0 Å². The molecule has 3 rings (SSSR count). The lowest BCUT2D eigenvalue weighted by Crippen LogP contribution is -2.29. The molecule has 1 atom stereocenters. The molecule has 5 heteroatoms. The Hall–Kier alpha value is -0.910. The monoisotopic (exact) mass is 252 g/mol. The van der Waals surface area contributed by atoms with Crippen LogP contribution in [0.15, 0.2) is 17.8 Å². The summed E-state index contributed by atoms with van der Waals surface area (Å²) in [5, 5.41) is 12.2. The van der Waals surface area contributed by atoms with E-state index in [1.54, 1.807) is 11.3 Å². The number of aromatic nitrogens is 2. The van der Waals surface area contributed by atoms with Crippen molar-refractivity contribution in [2.75, 3.05) is 13.2 Å². The van der Waals surface area contributed by atoms with Gasteiger partial charge in [0, 0.05) is 37.4 Å². The fraction of sp³-hybridized carbons (Fsp3) is 0.583. The van der Waals surface area contributed by atoms with Gasteiger partial charge in [-0.2, -0.15) is 0 Å². The quantitative estimate of drug-likeness (QED) is 0.905. The highest BCUT2D eigenvalue weighted by Gasteiger charge is 2.23. The van der Waals surface area contributed by atoms with Crippen LogP contribution in [0.3, 0.4) is 0 Å². The van der Waals surface area contributed by atoms with E-state index < -0.39 is 0 Å². The molecule has 3 heterocycles. The smallest absolute Gasteiger partial charge is 0.193 e. The summed E-state index contributed by atoms with van der Waals surface area (Å²) >= 11 is 1.62. The summed E-state index contributed by atoms with van der Waals surface area (Å²) in [6.07, 6.45) is 6.29. The molecule has 1 aliphatic rings. The van der Waals surface area contributed by atoms with Crippen molar-refractivity contribution in [3.05, 3.63) is 23.5 Å². The van der Waals surface area contributed by atoms with Crippen LogP contribution >= 0.6 is 11.3 Å². The Morgan fingerprint density at radius 1 is 1.53 bits per heavy atom. The maximum Gasteiger partial charge on any atom is 0.193 e. The summed E-state index contributed by atoms with van der Waals surface area (Å²) in [4.78, 5) is 5.50. The number of hydrogen-bond donors (Lipinski definition) is 1. The van der Waals surface area contributed by atoms with Gasteiger partial charge in [0.1, 0.15) is 0 Å². The first kappa shape index (κ1) is 11.2. The van der Waals surface area contributed by atoms with Crippen LogP contribution in [0.5, 0.6) is 0 Å². The predicted octanol–water partition coefficient (Wildman–Crippen LogP) is 1.73. The fourth-order valence-corrected chi connectivity index (χ4v) is 3.07. The van der Waals surface area contributed by atoms with Gasteiger partial charge in [0.15, 0.2) is 4.96 Å². The van der Waals surface area contributed by atoms with E-state index >= 15 is 0 Å². The summed E-state index contributed by atoms with van der Waals surface area (Å²) in [7, 11) is 0. The van der Waals surface area contributed by atoms with E-state index in [-0.39, 0.29) is 6.10 Å². The van der Waals surface area contributed by atoms with Crippen LogP contribution in [-0.4, -0.2) is 33.8 Å². The van der Waals surface area contributed by atoms with Gasteiger partial charge in [0.2, 0.25) is 0 Å². The van der Waals surface area contributed by atoms with Crippen molar-refractivity contribution in [2.45, 2.75) is 25.4 Å². The predicted molar refractivity (Wildman–Crippen MR) is 66.3 cm³/mol. The number of thiazole rings is 1. The second kappa shape index (κ2) is 4.76. The molecule has 17 heavy (non-hydrogen) atoms. The molecule has 0 bridgehead atoms. The summed E-state index contributed by atoms with van der Waals surface area (Å²) < 4.78 is 7.32. The van der Waals surface area contributed by atoms with Gasteiger partial charge in [-0.15, -0.1) is 11.3 Å². The molecule has 1 saturated heterocycles. The van der Waals surface area contributed by atoms with E-state index in [4.69, 9.17) is 4.74 Å². The molecule has 0 aromatic carbocycles. The zero-order chi connectivity index (χ0) is 11.7. The molecule has 2 aromatic heterocycles. The maximum atomic E-state index is 10.2. The largest absolute Gasteiger partial charge is 0.392 e. The molecular weight excluding hydrogens is 236 g/mol. The van der Waals surface area contributed by atoms with E-state index in [9.17, 15) is 5.11 Å².